The van der Waals surface area contributed by atoms with Crippen molar-refractivity contribution in [3.05, 3.63) is 33.9 Å². The van der Waals surface area contributed by atoms with Crippen LogP contribution in [0.2, 0.25) is 0 Å². The number of nitrogens with two attached hydrogens (primary N) is 2. The Morgan fingerprint density at radius 1 is 1.35 bits per heavy atom. The van der Waals surface area contributed by atoms with E-state index in [9.17, 15) is 20.0 Å². The zero-order chi connectivity index (χ0) is 19.5. The molecule has 0 aliphatic heterocycles. The highest BCUT2D eigenvalue weighted by atomic mass is 32.1. The van der Waals surface area contributed by atoms with Gasteiger partial charge in [0.05, 0.1) is 18.2 Å². The Morgan fingerprint density at radius 3 is 2.69 bits per heavy atom. The molecule has 0 spiro atoms. The van der Waals surface area contributed by atoms with Gasteiger partial charge in [-0.3, -0.25) is 0 Å². The summed E-state index contributed by atoms with van der Waals surface area (Å²) in [6.45, 7) is -2.00. The van der Waals surface area contributed by atoms with Crippen molar-refractivity contribution in [3.8, 4) is 5.75 Å². The lowest BCUT2D eigenvalue weighted by molar-refractivity contribution is -0.757. The van der Waals surface area contributed by atoms with Crippen LogP contribution in [0.1, 0.15) is 23.2 Å². The molecule has 0 fully saturated rings. The van der Waals surface area contributed by atoms with Gasteiger partial charge >= 0.3 is 12.4 Å². The first-order chi connectivity index (χ1) is 12.3. The first-order valence-corrected chi connectivity index (χ1v) is 7.79. The normalized spacial score (nSPS) is 11.4. The Labute approximate surface area is 153 Å². The highest BCUT2D eigenvalue weighted by Crippen LogP contribution is 2.23. The number of rotatable bonds is 12. The Kier molecular flexibility index (Phi) is 9.05. The first kappa shape index (κ1) is 21.3. The van der Waals surface area contributed by atoms with Crippen LogP contribution in [-0.4, -0.2) is 47.4 Å². The summed E-state index contributed by atoms with van der Waals surface area (Å²) >= 11 is 4.60. The summed E-state index contributed by atoms with van der Waals surface area (Å²) in [4.78, 5) is 26.3. The molecule has 0 amide bonds. The molecular weight excluding hydrogens is 370 g/mol. The van der Waals surface area contributed by atoms with Gasteiger partial charge in [-0.2, -0.15) is 0 Å². The molecule has 5 N–H and O–H groups in total. The van der Waals surface area contributed by atoms with Gasteiger partial charge in [0, 0.05) is 5.69 Å². The van der Waals surface area contributed by atoms with Crippen LogP contribution in [0.4, 0.5) is 5.69 Å². The van der Waals surface area contributed by atoms with E-state index in [4.69, 9.17) is 25.7 Å². The lowest BCUT2D eigenvalue weighted by atomic mass is 10.2. The second kappa shape index (κ2) is 11.0. The number of benzene rings is 1. The number of carbonyl (C=O) groups excluding carboxylic acids is 1. The van der Waals surface area contributed by atoms with Crippen LogP contribution >= 0.6 is 12.2 Å². The lowest BCUT2D eigenvalue weighted by Crippen LogP contribution is -2.26. The van der Waals surface area contributed by atoms with Crippen LogP contribution in [0, 0.1) is 10.1 Å². The fourth-order valence-corrected chi connectivity index (χ4v) is 1.76. The maximum Gasteiger partial charge on any atom is 0.341 e. The minimum atomic E-state index is -1.70. The summed E-state index contributed by atoms with van der Waals surface area (Å²) in [7, 11) is 0. The fraction of sp³-hybridized carbons (Fsp3) is 0.429. The van der Waals surface area contributed by atoms with Crippen molar-refractivity contribution in [1.29, 1.82) is 0 Å². The van der Waals surface area contributed by atoms with Gasteiger partial charge < -0.3 is 35.6 Å². The maximum atomic E-state index is 12.1. The van der Waals surface area contributed by atoms with Gasteiger partial charge in [-0.15, -0.1) is 10.1 Å². The van der Waals surface area contributed by atoms with Gasteiger partial charge in [0.2, 0.25) is 0 Å². The molecule has 12 heteroatoms. The number of esters is 1. The minimum absolute atomic E-state index is 0.00858. The maximum absolute atomic E-state index is 12.1. The molecule has 1 atom stereocenters. The highest BCUT2D eigenvalue weighted by molar-refractivity contribution is 7.80. The number of thiocarbonyl (C=S) groups is 1. The zero-order valence-electron chi connectivity index (χ0n) is 13.7. The van der Waals surface area contributed by atoms with Crippen LogP contribution in [0.3, 0.4) is 0 Å². The van der Waals surface area contributed by atoms with Crippen molar-refractivity contribution >= 4 is 28.9 Å². The Balaban J connectivity index is 2.57. The Hall–Kier alpha value is -2.70. The second-order valence-corrected chi connectivity index (χ2v) is 5.38. The van der Waals surface area contributed by atoms with Crippen molar-refractivity contribution in [2.75, 3.05) is 25.6 Å². The van der Waals surface area contributed by atoms with Crippen molar-refractivity contribution in [2.45, 2.75) is 19.3 Å². The smallest absolute Gasteiger partial charge is 0.341 e. The Bertz CT molecular complexity index is 643. The Morgan fingerprint density at radius 2 is 2.04 bits per heavy atom. The molecule has 1 aromatic rings. The van der Waals surface area contributed by atoms with Crippen LogP contribution < -0.4 is 16.2 Å². The van der Waals surface area contributed by atoms with E-state index in [1.54, 1.807) is 0 Å². The summed E-state index contributed by atoms with van der Waals surface area (Å²) in [5.74, 6) is -0.764. The van der Waals surface area contributed by atoms with E-state index in [-0.39, 0.29) is 41.8 Å². The summed E-state index contributed by atoms with van der Waals surface area (Å²) in [5, 5.41) is 18.7. The van der Waals surface area contributed by atoms with Crippen LogP contribution in [0.5, 0.6) is 5.75 Å². The summed E-state index contributed by atoms with van der Waals surface area (Å²) in [6, 6.07) is 4.14. The number of nitrogen functional groups attached to an aromatic ring is 1. The van der Waals surface area contributed by atoms with E-state index < -0.39 is 17.5 Å². The van der Waals surface area contributed by atoms with E-state index >= 15 is 0 Å². The summed E-state index contributed by atoms with van der Waals surface area (Å²) < 4.78 is 15.0. The summed E-state index contributed by atoms with van der Waals surface area (Å²) in [6.07, 6.45) is 0.692. The number of nitrogens with zero attached hydrogens (tertiary/aromatic N) is 1. The quantitative estimate of drug-likeness (QED) is 0.0858. The molecule has 0 aliphatic rings. The number of aliphatic hydroxyl groups excluding tert-OH is 1. The molecule has 1 unspecified atom stereocenters. The summed E-state index contributed by atoms with van der Waals surface area (Å²) in [5.41, 5.74) is 11.1. The number of hydrogen-bond acceptors (Lipinski definition) is 10. The molecule has 0 saturated carbocycles. The topological polar surface area (TPSA) is 169 Å². The van der Waals surface area contributed by atoms with E-state index in [0.29, 0.717) is 12.8 Å². The SMILES string of the molecule is NC(=S)COC(O)Oc1ccc(N)cc1C(=O)OCCCCO[N+](=O)[O-]. The molecule has 1 aromatic carbocycles. The number of hydrogen-bond donors (Lipinski definition) is 3. The minimum Gasteiger partial charge on any atom is -0.462 e. The predicted octanol–water partition coefficient (Wildman–Crippen LogP) is 0.371. The molecule has 144 valence electrons. The third-order valence-electron chi connectivity index (χ3n) is 2.79. The molecule has 0 aliphatic carbocycles. The van der Waals surface area contributed by atoms with E-state index in [2.05, 4.69) is 17.1 Å². The molecule has 0 heterocycles. The molecular formula is C14H19N3O8S. The number of unbranched alkanes of at least 4 members (excludes halogenated alkanes) is 1. The molecule has 0 saturated heterocycles. The third kappa shape index (κ3) is 8.41. The van der Waals surface area contributed by atoms with E-state index in [1.807, 2.05) is 0 Å². The van der Waals surface area contributed by atoms with Crippen LogP contribution in [0.25, 0.3) is 0 Å². The number of ether oxygens (including phenoxy) is 3. The molecule has 11 nitrogen and oxygen atoms in total. The van der Waals surface area contributed by atoms with Gasteiger partial charge in [0.1, 0.15) is 17.9 Å². The van der Waals surface area contributed by atoms with Gasteiger partial charge in [0.15, 0.2) is 0 Å². The van der Waals surface area contributed by atoms with Crippen molar-refractivity contribution in [3.63, 3.8) is 0 Å². The van der Waals surface area contributed by atoms with Gasteiger partial charge in [-0.1, -0.05) is 12.2 Å². The third-order valence-corrected chi connectivity index (χ3v) is 2.91. The number of carbonyl (C=O) groups is 1. The van der Waals surface area contributed by atoms with E-state index in [1.165, 1.54) is 18.2 Å². The van der Waals surface area contributed by atoms with E-state index in [0.717, 1.165) is 0 Å². The highest BCUT2D eigenvalue weighted by Gasteiger charge is 2.18. The molecule has 0 aromatic heterocycles. The van der Waals surface area contributed by atoms with Gasteiger partial charge in [0.25, 0.3) is 5.09 Å². The zero-order valence-corrected chi connectivity index (χ0v) is 14.5. The van der Waals surface area contributed by atoms with Crippen LogP contribution in [0.15, 0.2) is 18.2 Å². The van der Waals surface area contributed by atoms with Crippen molar-refractivity contribution in [1.82, 2.24) is 0 Å². The van der Waals surface area contributed by atoms with Crippen LogP contribution in [-0.2, 0) is 14.3 Å². The average Bonchev–Trinajstić information content (AvgIpc) is 2.57. The standard InChI is InChI=1S/C14H19N3O8S/c15-9-3-4-11(25-14(19)23-8-12(16)26)10(7-9)13(18)22-5-1-2-6-24-17(20)21/h3-4,7,14,19H,1-2,5-6,8,15H2,(H2,16,26). The average molecular weight is 389 g/mol. The predicted molar refractivity (Wildman–Crippen MR) is 92.7 cm³/mol. The monoisotopic (exact) mass is 389 g/mol. The second-order valence-electron chi connectivity index (χ2n) is 4.86. The van der Waals surface area contributed by atoms with Gasteiger partial charge in [-0.25, -0.2) is 4.79 Å². The molecule has 0 radical (unpaired) electrons. The lowest BCUT2D eigenvalue weighted by Gasteiger charge is -2.16. The van der Waals surface area contributed by atoms with Crippen molar-refractivity contribution in [2.24, 2.45) is 5.73 Å². The van der Waals surface area contributed by atoms with Gasteiger partial charge in [-0.05, 0) is 31.0 Å². The fourth-order valence-electron chi connectivity index (χ4n) is 1.69. The molecule has 26 heavy (non-hydrogen) atoms. The number of aliphatic hydroxyl groups is 1. The largest absolute Gasteiger partial charge is 0.462 e. The van der Waals surface area contributed by atoms with Crippen molar-refractivity contribution < 1.29 is 34.0 Å². The molecule has 0 bridgehead atoms. The number of anilines is 1. The first-order valence-electron chi connectivity index (χ1n) is 7.38. The molecule has 1 rings (SSSR count).